The van der Waals surface area contributed by atoms with Crippen LogP contribution in [0.4, 0.5) is 0 Å². The van der Waals surface area contributed by atoms with E-state index in [1.807, 2.05) is 29.1 Å². The van der Waals surface area contributed by atoms with Crippen molar-refractivity contribution in [2.45, 2.75) is 44.6 Å². The Morgan fingerprint density at radius 1 is 1.19 bits per heavy atom. The molecule has 0 saturated heterocycles. The number of nitrogens with two attached hydrogens (primary N) is 1. The third-order valence-electron chi connectivity index (χ3n) is 4.52. The quantitative estimate of drug-likeness (QED) is 0.654. The van der Waals surface area contributed by atoms with E-state index in [2.05, 4.69) is 28.9 Å². The normalized spacial score (nSPS) is 17.8. The second-order valence-electron chi connectivity index (χ2n) is 6.01. The van der Waals surface area contributed by atoms with Gasteiger partial charge in [-0.05, 0) is 24.5 Å². The predicted octanol–water partition coefficient (Wildman–Crippen LogP) is 3.35. The number of aromatic nitrogens is 2. The van der Waals surface area contributed by atoms with Crippen molar-refractivity contribution in [2.75, 3.05) is 0 Å². The van der Waals surface area contributed by atoms with E-state index in [-0.39, 0.29) is 6.04 Å². The number of nitrogens with zero attached hydrogens (tertiary/aromatic N) is 2. The second kappa shape index (κ2) is 6.87. The lowest BCUT2D eigenvalue weighted by Gasteiger charge is -2.25. The summed E-state index contributed by atoms with van der Waals surface area (Å²) in [6.45, 7) is 0. The monoisotopic (exact) mass is 284 g/mol. The molecule has 0 aliphatic heterocycles. The number of rotatable bonds is 5. The number of hydrogen-bond donors (Lipinski definition) is 2. The van der Waals surface area contributed by atoms with Gasteiger partial charge in [-0.25, -0.2) is 4.68 Å². The SMILES string of the molecule is NNC(CC1CCCCC1)c1cnn(-c2ccccc2)c1. The topological polar surface area (TPSA) is 55.9 Å². The highest BCUT2D eigenvalue weighted by molar-refractivity contribution is 5.31. The van der Waals surface area contributed by atoms with Crippen molar-refractivity contribution in [2.24, 2.45) is 11.8 Å². The van der Waals surface area contributed by atoms with Gasteiger partial charge >= 0.3 is 0 Å². The van der Waals surface area contributed by atoms with E-state index in [1.54, 1.807) is 0 Å². The number of benzene rings is 1. The Hall–Kier alpha value is -1.65. The smallest absolute Gasteiger partial charge is 0.0645 e. The Morgan fingerprint density at radius 3 is 2.67 bits per heavy atom. The molecule has 1 unspecified atom stereocenters. The highest BCUT2D eigenvalue weighted by Crippen LogP contribution is 2.31. The standard InChI is InChI=1S/C17H24N4/c18-20-17(11-14-7-3-1-4-8-14)15-12-19-21(13-15)16-9-5-2-6-10-16/h2,5-6,9-10,12-14,17,20H,1,3-4,7-8,11,18H2. The van der Waals surface area contributed by atoms with Crippen LogP contribution < -0.4 is 11.3 Å². The largest absolute Gasteiger partial charge is 0.271 e. The number of para-hydroxylation sites is 1. The molecule has 0 spiro atoms. The van der Waals surface area contributed by atoms with Gasteiger partial charge in [0, 0.05) is 17.8 Å². The summed E-state index contributed by atoms with van der Waals surface area (Å²) in [5.74, 6) is 6.57. The van der Waals surface area contributed by atoms with Crippen molar-refractivity contribution in [3.63, 3.8) is 0 Å². The molecule has 2 aromatic rings. The van der Waals surface area contributed by atoms with Crippen LogP contribution in [-0.4, -0.2) is 9.78 Å². The van der Waals surface area contributed by atoms with Gasteiger partial charge in [0.05, 0.1) is 11.9 Å². The van der Waals surface area contributed by atoms with Crippen molar-refractivity contribution >= 4 is 0 Å². The summed E-state index contributed by atoms with van der Waals surface area (Å²) in [4.78, 5) is 0. The van der Waals surface area contributed by atoms with Crippen LogP contribution in [0.5, 0.6) is 0 Å². The maximum absolute atomic E-state index is 5.78. The van der Waals surface area contributed by atoms with Gasteiger partial charge in [-0.1, -0.05) is 50.3 Å². The minimum absolute atomic E-state index is 0.200. The van der Waals surface area contributed by atoms with Crippen molar-refractivity contribution in [1.29, 1.82) is 0 Å². The summed E-state index contributed by atoms with van der Waals surface area (Å²) >= 11 is 0. The molecule has 1 aromatic carbocycles. The highest BCUT2D eigenvalue weighted by Gasteiger charge is 2.20. The van der Waals surface area contributed by atoms with Crippen molar-refractivity contribution in [1.82, 2.24) is 15.2 Å². The molecular formula is C17H24N4. The van der Waals surface area contributed by atoms with Gasteiger partial charge in [-0.2, -0.15) is 5.10 Å². The molecule has 1 saturated carbocycles. The first kappa shape index (κ1) is 14.3. The van der Waals surface area contributed by atoms with Gasteiger partial charge in [0.15, 0.2) is 0 Å². The lowest BCUT2D eigenvalue weighted by molar-refractivity contribution is 0.301. The Morgan fingerprint density at radius 2 is 1.95 bits per heavy atom. The van der Waals surface area contributed by atoms with E-state index in [1.165, 1.54) is 37.7 Å². The van der Waals surface area contributed by atoms with E-state index in [9.17, 15) is 0 Å². The fraction of sp³-hybridized carbons (Fsp3) is 0.471. The van der Waals surface area contributed by atoms with Gasteiger partial charge in [-0.3, -0.25) is 11.3 Å². The van der Waals surface area contributed by atoms with Crippen molar-refractivity contribution in [3.05, 3.63) is 48.3 Å². The van der Waals surface area contributed by atoms with Crippen molar-refractivity contribution in [3.8, 4) is 5.69 Å². The van der Waals surface area contributed by atoms with E-state index in [0.29, 0.717) is 0 Å². The van der Waals surface area contributed by atoms with Crippen LogP contribution in [-0.2, 0) is 0 Å². The molecule has 1 aromatic heterocycles. The molecule has 0 radical (unpaired) electrons. The summed E-state index contributed by atoms with van der Waals surface area (Å²) in [6, 6.07) is 10.4. The van der Waals surface area contributed by atoms with Crippen LogP contribution in [0.2, 0.25) is 0 Å². The molecule has 1 fully saturated rings. The van der Waals surface area contributed by atoms with Gasteiger partial charge in [0.1, 0.15) is 0 Å². The first-order valence-corrected chi connectivity index (χ1v) is 7.93. The Bertz CT molecular complexity index is 543. The van der Waals surface area contributed by atoms with Crippen LogP contribution in [0, 0.1) is 5.92 Å². The van der Waals surface area contributed by atoms with Gasteiger partial charge in [-0.15, -0.1) is 0 Å². The molecule has 3 N–H and O–H groups in total. The zero-order chi connectivity index (χ0) is 14.5. The molecule has 4 heteroatoms. The third kappa shape index (κ3) is 3.52. The third-order valence-corrected chi connectivity index (χ3v) is 4.52. The second-order valence-corrected chi connectivity index (χ2v) is 6.01. The maximum atomic E-state index is 5.78. The summed E-state index contributed by atoms with van der Waals surface area (Å²) in [7, 11) is 0. The van der Waals surface area contributed by atoms with E-state index in [0.717, 1.165) is 18.0 Å². The molecule has 0 amide bonds. The molecule has 1 aliphatic rings. The maximum Gasteiger partial charge on any atom is 0.0645 e. The predicted molar refractivity (Wildman–Crippen MR) is 84.8 cm³/mol. The van der Waals surface area contributed by atoms with Crippen LogP contribution >= 0.6 is 0 Å². The minimum atomic E-state index is 0.200. The molecule has 3 rings (SSSR count). The fourth-order valence-corrected chi connectivity index (χ4v) is 3.30. The van der Waals surface area contributed by atoms with Gasteiger partial charge in [0.2, 0.25) is 0 Å². The zero-order valence-corrected chi connectivity index (χ0v) is 12.4. The Labute approximate surface area is 126 Å². The molecular weight excluding hydrogens is 260 g/mol. The molecule has 112 valence electrons. The molecule has 21 heavy (non-hydrogen) atoms. The van der Waals surface area contributed by atoms with Crippen LogP contribution in [0.1, 0.15) is 50.1 Å². The lowest BCUT2D eigenvalue weighted by Crippen LogP contribution is -2.30. The van der Waals surface area contributed by atoms with E-state index >= 15 is 0 Å². The molecule has 0 bridgehead atoms. The Kier molecular flexibility index (Phi) is 4.68. The van der Waals surface area contributed by atoms with Crippen LogP contribution in [0.25, 0.3) is 5.69 Å². The molecule has 1 heterocycles. The van der Waals surface area contributed by atoms with Crippen molar-refractivity contribution < 1.29 is 0 Å². The molecule has 4 nitrogen and oxygen atoms in total. The first-order valence-electron chi connectivity index (χ1n) is 7.93. The number of hydrazine groups is 1. The zero-order valence-electron chi connectivity index (χ0n) is 12.4. The number of nitrogens with one attached hydrogen (secondary N) is 1. The Balaban J connectivity index is 1.71. The molecule has 1 aliphatic carbocycles. The average molecular weight is 284 g/mol. The molecule has 1 atom stereocenters. The lowest BCUT2D eigenvalue weighted by atomic mass is 9.84. The summed E-state index contributed by atoms with van der Waals surface area (Å²) in [6.07, 6.45) is 11.9. The summed E-state index contributed by atoms with van der Waals surface area (Å²) in [5, 5.41) is 4.47. The van der Waals surface area contributed by atoms with Crippen LogP contribution in [0.15, 0.2) is 42.7 Å². The number of hydrogen-bond acceptors (Lipinski definition) is 3. The van der Waals surface area contributed by atoms with E-state index in [4.69, 9.17) is 5.84 Å². The van der Waals surface area contributed by atoms with E-state index < -0.39 is 0 Å². The van der Waals surface area contributed by atoms with Gasteiger partial charge in [0.25, 0.3) is 0 Å². The van der Waals surface area contributed by atoms with Gasteiger partial charge < -0.3 is 0 Å². The summed E-state index contributed by atoms with van der Waals surface area (Å²) < 4.78 is 1.92. The minimum Gasteiger partial charge on any atom is -0.271 e. The fourth-order valence-electron chi connectivity index (χ4n) is 3.30. The first-order chi connectivity index (χ1) is 10.4. The average Bonchev–Trinajstić information content (AvgIpc) is 3.04. The highest BCUT2D eigenvalue weighted by atomic mass is 15.3. The summed E-state index contributed by atoms with van der Waals surface area (Å²) in [5.41, 5.74) is 5.23. The van der Waals surface area contributed by atoms with Crippen LogP contribution in [0.3, 0.4) is 0 Å².